The van der Waals surface area contributed by atoms with E-state index in [4.69, 9.17) is 0 Å². The van der Waals surface area contributed by atoms with Gasteiger partial charge >= 0.3 is 0 Å². The van der Waals surface area contributed by atoms with Crippen LogP contribution < -0.4 is 10.0 Å². The lowest BCUT2D eigenvalue weighted by atomic mass is 9.97. The molecule has 1 aliphatic heterocycles. The Labute approximate surface area is 141 Å². The molecule has 1 amide bonds. The van der Waals surface area contributed by atoms with Crippen LogP contribution in [0.25, 0.3) is 5.69 Å². The fraction of sp³-hybridized carbons (Fsp3) is 0.375. The molecule has 7 nitrogen and oxygen atoms in total. The summed E-state index contributed by atoms with van der Waals surface area (Å²) >= 11 is 0. The number of nitrogens with one attached hydrogen (secondary N) is 2. The molecule has 0 atom stereocenters. The average molecular weight is 348 g/mol. The first-order chi connectivity index (χ1) is 11.2. The third-order valence-electron chi connectivity index (χ3n) is 3.70. The normalized spacial score (nSPS) is 16.0. The van der Waals surface area contributed by atoms with Gasteiger partial charge in [0, 0.05) is 6.54 Å². The molecule has 2 aromatic rings. The zero-order valence-electron chi connectivity index (χ0n) is 13.8. The first-order valence-electron chi connectivity index (χ1n) is 7.62. The molecule has 1 aliphatic rings. The van der Waals surface area contributed by atoms with Crippen molar-refractivity contribution in [1.29, 1.82) is 0 Å². The Morgan fingerprint density at radius 1 is 1.33 bits per heavy atom. The molecule has 0 radical (unpaired) electrons. The number of imidazole rings is 1. The molecule has 8 heteroatoms. The van der Waals surface area contributed by atoms with E-state index in [-0.39, 0.29) is 28.5 Å². The maximum absolute atomic E-state index is 12.4. The van der Waals surface area contributed by atoms with Gasteiger partial charge in [0.15, 0.2) is 5.69 Å². The highest BCUT2D eigenvalue weighted by Crippen LogP contribution is 2.26. The molecular weight excluding hydrogens is 328 g/mol. The summed E-state index contributed by atoms with van der Waals surface area (Å²) in [5, 5.41) is 2.85. The van der Waals surface area contributed by atoms with Gasteiger partial charge in [-0.3, -0.25) is 9.36 Å². The number of sulfonamides is 1. The number of carbonyl (C=O) groups excluding carboxylic acids is 1. The third-order valence-corrected chi connectivity index (χ3v) is 5.15. The van der Waals surface area contributed by atoms with E-state index >= 15 is 0 Å². The highest BCUT2D eigenvalue weighted by Gasteiger charge is 2.28. The molecule has 0 saturated heterocycles. The number of para-hydroxylation sites is 1. The van der Waals surface area contributed by atoms with E-state index in [1.165, 1.54) is 12.4 Å². The second-order valence-corrected chi connectivity index (χ2v) is 8.68. The van der Waals surface area contributed by atoms with Crippen LogP contribution in [0.4, 0.5) is 0 Å². The summed E-state index contributed by atoms with van der Waals surface area (Å²) in [4.78, 5) is 16.8. The number of carbonyl (C=O) groups is 1. The predicted molar refractivity (Wildman–Crippen MR) is 89.4 cm³/mol. The molecule has 0 fully saturated rings. The van der Waals surface area contributed by atoms with Gasteiger partial charge in [-0.2, -0.15) is 0 Å². The van der Waals surface area contributed by atoms with Crippen LogP contribution >= 0.6 is 0 Å². The molecule has 2 heterocycles. The summed E-state index contributed by atoms with van der Waals surface area (Å²) in [5.74, 6) is -0.308. The van der Waals surface area contributed by atoms with Gasteiger partial charge in [0.25, 0.3) is 5.91 Å². The van der Waals surface area contributed by atoms with Crippen LogP contribution in [0, 0.1) is 5.41 Å². The Morgan fingerprint density at radius 2 is 2.04 bits per heavy atom. The van der Waals surface area contributed by atoms with Gasteiger partial charge in [-0.25, -0.2) is 18.1 Å². The van der Waals surface area contributed by atoms with Crippen LogP contribution in [0.3, 0.4) is 0 Å². The van der Waals surface area contributed by atoms with Crippen molar-refractivity contribution in [3.8, 4) is 5.69 Å². The van der Waals surface area contributed by atoms with Gasteiger partial charge in [-0.05, 0) is 17.5 Å². The summed E-state index contributed by atoms with van der Waals surface area (Å²) in [6.45, 7) is 6.57. The van der Waals surface area contributed by atoms with Crippen LogP contribution in [0.15, 0.2) is 35.5 Å². The number of hydrogen-bond acceptors (Lipinski definition) is 4. The zero-order chi connectivity index (χ0) is 17.5. The summed E-state index contributed by atoms with van der Waals surface area (Å²) in [5.41, 5.74) is 1.19. The van der Waals surface area contributed by atoms with Gasteiger partial charge in [0.05, 0.1) is 17.9 Å². The topological polar surface area (TPSA) is 93.1 Å². The van der Waals surface area contributed by atoms with Crippen molar-refractivity contribution in [2.45, 2.75) is 32.2 Å². The quantitative estimate of drug-likeness (QED) is 0.859. The Bertz CT molecular complexity index is 894. The molecule has 0 aliphatic carbocycles. The van der Waals surface area contributed by atoms with Crippen molar-refractivity contribution in [2.75, 3.05) is 6.54 Å². The van der Waals surface area contributed by atoms with E-state index in [2.05, 4.69) is 15.0 Å². The van der Waals surface area contributed by atoms with Crippen molar-refractivity contribution in [3.05, 3.63) is 42.0 Å². The lowest BCUT2D eigenvalue weighted by molar-refractivity contribution is 0.0933. The molecule has 0 saturated carbocycles. The number of aromatic nitrogens is 2. The third kappa shape index (κ3) is 3.07. The molecule has 2 N–H and O–H groups in total. The summed E-state index contributed by atoms with van der Waals surface area (Å²) in [6.07, 6.45) is 1.49. The van der Waals surface area contributed by atoms with Crippen LogP contribution in [-0.2, 0) is 16.6 Å². The number of nitrogens with zero attached hydrogens (tertiary/aromatic N) is 2. The fourth-order valence-corrected chi connectivity index (χ4v) is 3.68. The number of hydrogen-bond donors (Lipinski definition) is 2. The first-order valence-corrected chi connectivity index (χ1v) is 9.11. The lowest BCUT2D eigenvalue weighted by Crippen LogP contribution is -2.33. The standard InChI is InChI=1S/C16H20N4O3S/c1-16(2,3)9-17-15(21)14-12-8-19-24(22,23)13-7-5-4-6-11(13)20(12)10-18-14/h4-7,10,19H,8-9H2,1-3H3,(H,17,21). The SMILES string of the molecule is CC(C)(C)CNC(=O)c1ncn2c1CNS(=O)(=O)c1ccccc1-2. The fourth-order valence-electron chi connectivity index (χ4n) is 2.49. The Morgan fingerprint density at radius 3 is 2.75 bits per heavy atom. The number of rotatable bonds is 2. The Hall–Kier alpha value is -2.19. The van der Waals surface area contributed by atoms with Gasteiger partial charge < -0.3 is 5.32 Å². The van der Waals surface area contributed by atoms with E-state index < -0.39 is 10.0 Å². The van der Waals surface area contributed by atoms with Gasteiger partial charge in [0.2, 0.25) is 10.0 Å². The first kappa shape index (κ1) is 16.7. The van der Waals surface area contributed by atoms with E-state index in [9.17, 15) is 13.2 Å². The monoisotopic (exact) mass is 348 g/mol. The Kier molecular flexibility index (Phi) is 3.97. The van der Waals surface area contributed by atoms with Crippen molar-refractivity contribution in [3.63, 3.8) is 0 Å². The highest BCUT2D eigenvalue weighted by molar-refractivity contribution is 7.89. The average Bonchev–Trinajstić information content (AvgIpc) is 2.89. The molecule has 24 heavy (non-hydrogen) atoms. The highest BCUT2D eigenvalue weighted by atomic mass is 32.2. The van der Waals surface area contributed by atoms with Crippen molar-refractivity contribution >= 4 is 15.9 Å². The number of amides is 1. The lowest BCUT2D eigenvalue weighted by Gasteiger charge is -2.18. The second-order valence-electron chi connectivity index (χ2n) is 6.95. The summed E-state index contributed by atoms with van der Waals surface area (Å²) in [7, 11) is -3.62. The van der Waals surface area contributed by atoms with E-state index in [0.717, 1.165) is 0 Å². The minimum absolute atomic E-state index is 0.00921. The number of benzene rings is 1. The maximum Gasteiger partial charge on any atom is 0.271 e. The maximum atomic E-state index is 12.4. The van der Waals surface area contributed by atoms with Crippen LogP contribution in [0.5, 0.6) is 0 Å². The van der Waals surface area contributed by atoms with E-state index in [1.807, 2.05) is 20.8 Å². The second kappa shape index (κ2) is 5.71. The predicted octanol–water partition coefficient (Wildman–Crippen LogP) is 1.44. The molecule has 0 bridgehead atoms. The van der Waals surface area contributed by atoms with Crippen LogP contribution in [0.1, 0.15) is 37.0 Å². The van der Waals surface area contributed by atoms with Gasteiger partial charge in [-0.15, -0.1) is 0 Å². The zero-order valence-corrected chi connectivity index (χ0v) is 14.6. The largest absolute Gasteiger partial charge is 0.350 e. The van der Waals surface area contributed by atoms with Crippen LogP contribution in [0.2, 0.25) is 0 Å². The van der Waals surface area contributed by atoms with Crippen LogP contribution in [-0.4, -0.2) is 30.4 Å². The van der Waals surface area contributed by atoms with Crippen molar-refractivity contribution in [2.24, 2.45) is 5.41 Å². The molecule has 0 unspecified atom stereocenters. The number of fused-ring (bicyclic) bond motifs is 3. The molecule has 1 aromatic heterocycles. The van der Waals surface area contributed by atoms with Gasteiger partial charge in [0.1, 0.15) is 11.2 Å². The smallest absolute Gasteiger partial charge is 0.271 e. The molecule has 128 valence electrons. The summed E-state index contributed by atoms with van der Waals surface area (Å²) < 4.78 is 28.9. The van der Waals surface area contributed by atoms with Crippen molar-refractivity contribution < 1.29 is 13.2 Å². The van der Waals surface area contributed by atoms with Gasteiger partial charge in [-0.1, -0.05) is 32.9 Å². The molecule has 3 rings (SSSR count). The van der Waals surface area contributed by atoms with E-state index in [0.29, 0.717) is 17.9 Å². The Balaban J connectivity index is 2.02. The summed E-state index contributed by atoms with van der Waals surface area (Å²) in [6, 6.07) is 6.65. The van der Waals surface area contributed by atoms with E-state index in [1.54, 1.807) is 22.8 Å². The van der Waals surface area contributed by atoms with Crippen molar-refractivity contribution in [1.82, 2.24) is 19.6 Å². The molecule has 0 spiro atoms. The minimum atomic E-state index is -3.62. The minimum Gasteiger partial charge on any atom is -0.350 e. The molecular formula is C16H20N4O3S. The molecule has 1 aromatic carbocycles.